The second kappa shape index (κ2) is 7.90. The number of pyridine rings is 1. The van der Waals surface area contributed by atoms with Crippen LogP contribution in [0.3, 0.4) is 0 Å². The highest BCUT2D eigenvalue weighted by Gasteiger charge is 2.16. The van der Waals surface area contributed by atoms with Crippen LogP contribution >= 0.6 is 11.6 Å². The van der Waals surface area contributed by atoms with E-state index in [9.17, 15) is 9.65 Å². The fourth-order valence-corrected chi connectivity index (χ4v) is 3.58. The van der Waals surface area contributed by atoms with Gasteiger partial charge in [0.05, 0.1) is 28.4 Å². The number of halogens is 2. The van der Waals surface area contributed by atoms with Gasteiger partial charge in [0.1, 0.15) is 17.6 Å². The zero-order valence-corrected chi connectivity index (χ0v) is 16.4. The Morgan fingerprint density at radius 1 is 1.03 bits per heavy atom. The maximum Gasteiger partial charge on any atom is 0.127 e. The summed E-state index contributed by atoms with van der Waals surface area (Å²) in [6.07, 6.45) is 0. The van der Waals surface area contributed by atoms with Gasteiger partial charge in [-0.05, 0) is 36.8 Å². The van der Waals surface area contributed by atoms with Gasteiger partial charge in [-0.15, -0.1) is 0 Å². The van der Waals surface area contributed by atoms with Gasteiger partial charge in [-0.3, -0.25) is 0 Å². The Labute approximate surface area is 173 Å². The summed E-state index contributed by atoms with van der Waals surface area (Å²) in [5, 5.41) is 10.3. The summed E-state index contributed by atoms with van der Waals surface area (Å²) >= 11 is 6.41. The van der Waals surface area contributed by atoms with Crippen molar-refractivity contribution in [1.82, 2.24) is 4.98 Å². The molecule has 0 fully saturated rings. The number of hydrogen-bond acceptors (Lipinski definition) is 3. The molecule has 3 aromatic carbocycles. The summed E-state index contributed by atoms with van der Waals surface area (Å²) < 4.78 is 19.3. The van der Waals surface area contributed by atoms with Gasteiger partial charge in [-0.1, -0.05) is 54.1 Å². The zero-order chi connectivity index (χ0) is 20.4. The van der Waals surface area contributed by atoms with Crippen molar-refractivity contribution in [3.63, 3.8) is 0 Å². The van der Waals surface area contributed by atoms with Crippen molar-refractivity contribution < 1.29 is 9.13 Å². The van der Waals surface area contributed by atoms with E-state index < -0.39 is 5.82 Å². The molecular weight excluding hydrogens is 387 g/mol. The topological polar surface area (TPSA) is 45.9 Å². The van der Waals surface area contributed by atoms with Crippen molar-refractivity contribution in [2.45, 2.75) is 6.92 Å². The number of hydrogen-bond donors (Lipinski definition) is 0. The normalized spacial score (nSPS) is 10.7. The summed E-state index contributed by atoms with van der Waals surface area (Å²) in [7, 11) is 0. The molecule has 0 bridgehead atoms. The van der Waals surface area contributed by atoms with Gasteiger partial charge in [0.2, 0.25) is 0 Å². The lowest BCUT2D eigenvalue weighted by molar-refractivity contribution is 0.341. The first kappa shape index (κ1) is 18.9. The molecule has 4 rings (SSSR count). The van der Waals surface area contributed by atoms with Gasteiger partial charge in [0, 0.05) is 16.5 Å². The molecule has 1 aromatic heterocycles. The minimum Gasteiger partial charge on any atom is -0.493 e. The van der Waals surface area contributed by atoms with Crippen molar-refractivity contribution in [3.05, 3.63) is 83.1 Å². The number of aromatic nitrogens is 1. The maximum absolute atomic E-state index is 13.6. The summed E-state index contributed by atoms with van der Waals surface area (Å²) in [6.45, 7) is 2.53. The molecule has 5 heteroatoms. The van der Waals surface area contributed by atoms with E-state index in [2.05, 4.69) is 11.1 Å². The first-order valence-corrected chi connectivity index (χ1v) is 9.51. The highest BCUT2D eigenvalue weighted by Crippen LogP contribution is 2.35. The Balaban J connectivity index is 1.82. The van der Waals surface area contributed by atoms with Crippen molar-refractivity contribution >= 4 is 22.5 Å². The third-order valence-electron chi connectivity index (χ3n) is 4.65. The standard InChI is InChI=1S/C24H16ClFN2O/c1-2-29-22-6-4-3-5-18(22)15-7-9-16(10-8-15)24-20(14-27)23(25)19-13-17(26)11-12-21(19)28-24/h3-13H,2H2,1H3. The smallest absolute Gasteiger partial charge is 0.127 e. The molecule has 0 aliphatic rings. The molecular formula is C24H16ClFN2O. The molecule has 0 N–H and O–H groups in total. The number of nitriles is 1. The van der Waals surface area contributed by atoms with E-state index in [1.807, 2.05) is 55.5 Å². The van der Waals surface area contributed by atoms with Crippen molar-refractivity contribution in [3.8, 4) is 34.2 Å². The fourth-order valence-electron chi connectivity index (χ4n) is 3.30. The Kier molecular flexibility index (Phi) is 5.16. The number of rotatable bonds is 4. The zero-order valence-electron chi connectivity index (χ0n) is 15.6. The SMILES string of the molecule is CCOc1ccccc1-c1ccc(-c2nc3ccc(F)cc3c(Cl)c2C#N)cc1. The highest BCUT2D eigenvalue weighted by atomic mass is 35.5. The van der Waals surface area contributed by atoms with Crippen molar-refractivity contribution in [2.24, 2.45) is 0 Å². The summed E-state index contributed by atoms with van der Waals surface area (Å²) in [5.74, 6) is 0.393. The molecule has 0 amide bonds. The fraction of sp³-hybridized carbons (Fsp3) is 0.0833. The second-order valence-electron chi connectivity index (χ2n) is 6.43. The summed E-state index contributed by atoms with van der Waals surface area (Å²) in [4.78, 5) is 4.57. The van der Waals surface area contributed by atoms with Crippen LogP contribution in [0, 0.1) is 17.1 Å². The van der Waals surface area contributed by atoms with Crippen LogP contribution in [0.4, 0.5) is 4.39 Å². The van der Waals surface area contributed by atoms with Gasteiger partial charge >= 0.3 is 0 Å². The van der Waals surface area contributed by atoms with Crippen LogP contribution < -0.4 is 4.74 Å². The van der Waals surface area contributed by atoms with Crippen LogP contribution in [0.15, 0.2) is 66.7 Å². The molecule has 0 saturated carbocycles. The van der Waals surface area contributed by atoms with E-state index in [0.717, 1.165) is 22.4 Å². The summed E-state index contributed by atoms with van der Waals surface area (Å²) in [5.41, 5.74) is 3.98. The lowest BCUT2D eigenvalue weighted by atomic mass is 9.99. The average Bonchev–Trinajstić information content (AvgIpc) is 2.75. The molecule has 0 unspecified atom stereocenters. The molecule has 4 aromatic rings. The highest BCUT2D eigenvalue weighted by molar-refractivity contribution is 6.37. The first-order chi connectivity index (χ1) is 14.1. The molecule has 0 atom stereocenters. The first-order valence-electron chi connectivity index (χ1n) is 9.14. The van der Waals surface area contributed by atoms with Crippen molar-refractivity contribution in [2.75, 3.05) is 6.61 Å². The monoisotopic (exact) mass is 402 g/mol. The van der Waals surface area contributed by atoms with Gasteiger partial charge in [0.25, 0.3) is 0 Å². The molecule has 142 valence electrons. The van der Waals surface area contributed by atoms with E-state index in [-0.39, 0.29) is 10.6 Å². The van der Waals surface area contributed by atoms with Crippen LogP contribution in [-0.2, 0) is 0 Å². The van der Waals surface area contributed by atoms with Crippen LogP contribution in [0.5, 0.6) is 5.75 Å². The van der Waals surface area contributed by atoms with Gasteiger partial charge in [-0.25, -0.2) is 9.37 Å². The lowest BCUT2D eigenvalue weighted by Crippen LogP contribution is -1.95. The third kappa shape index (κ3) is 3.53. The maximum atomic E-state index is 13.6. The Morgan fingerprint density at radius 2 is 1.76 bits per heavy atom. The third-order valence-corrected chi connectivity index (χ3v) is 5.04. The minimum atomic E-state index is -0.421. The molecule has 0 aliphatic carbocycles. The van der Waals surface area contributed by atoms with Crippen LogP contribution in [-0.4, -0.2) is 11.6 Å². The van der Waals surface area contributed by atoms with E-state index in [4.69, 9.17) is 16.3 Å². The largest absolute Gasteiger partial charge is 0.493 e. The summed E-state index contributed by atoms with van der Waals surface area (Å²) in [6, 6.07) is 21.8. The number of fused-ring (bicyclic) bond motifs is 1. The number of nitrogens with zero attached hydrogens (tertiary/aromatic N) is 2. The lowest BCUT2D eigenvalue weighted by Gasteiger charge is -2.12. The van der Waals surface area contributed by atoms with Gasteiger partial charge in [-0.2, -0.15) is 5.26 Å². The quantitative estimate of drug-likeness (QED) is 0.384. The molecule has 3 nitrogen and oxygen atoms in total. The Morgan fingerprint density at radius 3 is 2.48 bits per heavy atom. The molecule has 29 heavy (non-hydrogen) atoms. The number of ether oxygens (including phenoxy) is 1. The Hall–Kier alpha value is -3.42. The van der Waals surface area contributed by atoms with E-state index in [1.165, 1.54) is 12.1 Å². The molecule has 0 spiro atoms. The minimum absolute atomic E-state index is 0.206. The predicted octanol–water partition coefficient (Wildman–Crippen LogP) is 6.63. The van der Waals surface area contributed by atoms with E-state index >= 15 is 0 Å². The molecule has 0 aliphatic heterocycles. The van der Waals surface area contributed by atoms with Crippen LogP contribution in [0.1, 0.15) is 12.5 Å². The van der Waals surface area contributed by atoms with Crippen molar-refractivity contribution in [1.29, 1.82) is 5.26 Å². The predicted molar refractivity (Wildman–Crippen MR) is 113 cm³/mol. The molecule has 0 saturated heterocycles. The molecule has 0 radical (unpaired) electrons. The van der Waals surface area contributed by atoms with Gasteiger partial charge < -0.3 is 4.74 Å². The number of para-hydroxylation sites is 1. The van der Waals surface area contributed by atoms with E-state index in [1.54, 1.807) is 6.07 Å². The Bertz CT molecular complexity index is 1250. The molecule has 1 heterocycles. The van der Waals surface area contributed by atoms with Crippen LogP contribution in [0.25, 0.3) is 33.3 Å². The second-order valence-corrected chi connectivity index (χ2v) is 6.81. The number of benzene rings is 3. The average molecular weight is 403 g/mol. The van der Waals surface area contributed by atoms with Gasteiger partial charge in [0.15, 0.2) is 0 Å². The van der Waals surface area contributed by atoms with Crippen LogP contribution in [0.2, 0.25) is 5.02 Å². The van der Waals surface area contributed by atoms with E-state index in [0.29, 0.717) is 23.2 Å².